The van der Waals surface area contributed by atoms with E-state index in [0.717, 1.165) is 52.1 Å². The summed E-state index contributed by atoms with van der Waals surface area (Å²) in [5, 5.41) is 13.9. The normalized spacial score (nSPS) is 39.8. The Bertz CT molecular complexity index is 1680. The van der Waals surface area contributed by atoms with E-state index >= 15 is 0 Å². The summed E-state index contributed by atoms with van der Waals surface area (Å²) in [5.41, 5.74) is 5.45. The first kappa shape index (κ1) is 40.3. The minimum absolute atomic E-state index is 0.0239. The number of amides is 1. The van der Waals surface area contributed by atoms with Gasteiger partial charge in [0.05, 0.1) is 5.56 Å². The van der Waals surface area contributed by atoms with Crippen molar-refractivity contribution in [3.63, 3.8) is 0 Å². The van der Waals surface area contributed by atoms with Crippen molar-refractivity contribution in [2.75, 3.05) is 39.3 Å². The molecule has 9 atom stereocenters. The molecule has 8 rings (SSSR count). The molecule has 0 aromatic heterocycles. The van der Waals surface area contributed by atoms with Gasteiger partial charge in [0.25, 0.3) is 0 Å². The van der Waals surface area contributed by atoms with E-state index in [2.05, 4.69) is 69.3 Å². The van der Waals surface area contributed by atoms with Crippen LogP contribution < -0.4 is 5.32 Å². The van der Waals surface area contributed by atoms with Gasteiger partial charge in [-0.2, -0.15) is 0 Å². The highest BCUT2D eigenvalue weighted by Crippen LogP contribution is 2.76. The van der Waals surface area contributed by atoms with Gasteiger partial charge in [0.15, 0.2) is 0 Å². The molecule has 6 heteroatoms. The Morgan fingerprint density at radius 1 is 0.821 bits per heavy atom. The van der Waals surface area contributed by atoms with E-state index < -0.39 is 5.97 Å². The number of piperazine rings is 1. The SMILES string of the molecule is C=C(C)[C@@H]1CC[C@]2(NCCN3CCN(C(=O)CC4CCCCC4)CC3)CC[C@]3(C)[C@H](CC[C@@H]4[C@@]5(C)CC=C(c6ccc(C(=O)O)cc6)C(C)(C)[C@@H]5CC[C@]43C)[C@@H]12. The average Bonchev–Trinajstić information content (AvgIpc) is 3.56. The van der Waals surface area contributed by atoms with Crippen LogP contribution in [-0.2, 0) is 4.79 Å². The molecule has 1 aromatic rings. The number of carboxylic acids is 1. The lowest BCUT2D eigenvalue weighted by atomic mass is 9.33. The zero-order chi connectivity index (χ0) is 39.7. The van der Waals surface area contributed by atoms with Gasteiger partial charge in [-0.25, -0.2) is 4.79 Å². The molecule has 1 heterocycles. The van der Waals surface area contributed by atoms with Crippen molar-refractivity contribution in [1.29, 1.82) is 0 Å². The van der Waals surface area contributed by atoms with Gasteiger partial charge < -0.3 is 15.3 Å². The standard InChI is InChI=1S/C50H75N3O3/c1-34(2)38-19-24-50(51-27-28-52-29-31-53(32-30-52)43(54)33-35-11-9-8-10-12-35)26-25-48(6)40(44(38)50)17-18-42-47(5)22-20-39(36-13-15-37(16-14-36)45(55)56)46(3,4)41(47)21-23-49(42,48)7/h13-16,20,35,38,40-42,44,51H,1,8-12,17-19,21-33H2,2-7H3,(H,55,56)/t38-,40+,41-,42+,44+,47-,48+,49+,50-/m0/s1. The van der Waals surface area contributed by atoms with Gasteiger partial charge in [0, 0.05) is 51.2 Å². The monoisotopic (exact) mass is 766 g/mol. The maximum Gasteiger partial charge on any atom is 0.335 e. The van der Waals surface area contributed by atoms with Crippen LogP contribution in [0.4, 0.5) is 0 Å². The first-order chi connectivity index (χ1) is 26.6. The van der Waals surface area contributed by atoms with Crippen molar-refractivity contribution in [1.82, 2.24) is 15.1 Å². The topological polar surface area (TPSA) is 72.9 Å². The van der Waals surface area contributed by atoms with Crippen LogP contribution in [0.5, 0.6) is 0 Å². The molecule has 6 aliphatic carbocycles. The van der Waals surface area contributed by atoms with Crippen LogP contribution in [0, 0.1) is 57.2 Å². The van der Waals surface area contributed by atoms with Crippen LogP contribution in [0.25, 0.3) is 5.57 Å². The number of fused-ring (bicyclic) bond motifs is 7. The molecule has 0 radical (unpaired) electrons. The Kier molecular flexibility index (Phi) is 10.8. The van der Waals surface area contributed by atoms with E-state index in [4.69, 9.17) is 0 Å². The van der Waals surface area contributed by atoms with Crippen molar-refractivity contribution in [3.8, 4) is 0 Å². The zero-order valence-electron chi connectivity index (χ0n) is 36.1. The molecule has 56 heavy (non-hydrogen) atoms. The van der Waals surface area contributed by atoms with E-state index in [9.17, 15) is 14.7 Å². The number of aromatic carboxylic acids is 1. The number of carboxylic acid groups (broad SMARTS) is 1. The second kappa shape index (κ2) is 15.0. The number of carbonyl (C=O) groups is 2. The fourth-order valence-electron chi connectivity index (χ4n) is 15.8. The third kappa shape index (κ3) is 6.58. The van der Waals surface area contributed by atoms with Gasteiger partial charge in [0.1, 0.15) is 0 Å². The first-order valence-electron chi connectivity index (χ1n) is 23.1. The van der Waals surface area contributed by atoms with Gasteiger partial charge in [-0.05, 0) is 158 Å². The molecular weight excluding hydrogens is 691 g/mol. The van der Waals surface area contributed by atoms with Crippen molar-refractivity contribution in [3.05, 3.63) is 53.6 Å². The summed E-state index contributed by atoms with van der Waals surface area (Å²) >= 11 is 0. The lowest BCUT2D eigenvalue weighted by Crippen LogP contribution is -2.68. The third-order valence-corrected chi connectivity index (χ3v) is 18.9. The van der Waals surface area contributed by atoms with E-state index in [1.807, 2.05) is 12.1 Å². The van der Waals surface area contributed by atoms with Crippen molar-refractivity contribution < 1.29 is 14.7 Å². The number of benzene rings is 1. The number of allylic oxidation sites excluding steroid dienone is 3. The van der Waals surface area contributed by atoms with E-state index in [-0.39, 0.29) is 16.4 Å². The molecule has 1 saturated heterocycles. The molecule has 5 saturated carbocycles. The second-order valence-electron chi connectivity index (χ2n) is 21.6. The predicted molar refractivity (Wildman–Crippen MR) is 228 cm³/mol. The summed E-state index contributed by atoms with van der Waals surface area (Å²) < 4.78 is 0. The minimum atomic E-state index is -0.858. The summed E-state index contributed by atoms with van der Waals surface area (Å²) in [7, 11) is 0. The van der Waals surface area contributed by atoms with Gasteiger partial charge in [-0.3, -0.25) is 9.69 Å². The summed E-state index contributed by atoms with van der Waals surface area (Å²) in [5.74, 6) is 3.43. The van der Waals surface area contributed by atoms with Crippen LogP contribution in [0.15, 0.2) is 42.5 Å². The van der Waals surface area contributed by atoms with Crippen molar-refractivity contribution in [2.45, 2.75) is 143 Å². The Balaban J connectivity index is 0.957. The number of nitrogens with one attached hydrogen (secondary N) is 1. The Hall–Kier alpha value is -2.44. The zero-order valence-corrected chi connectivity index (χ0v) is 36.1. The van der Waals surface area contributed by atoms with E-state index in [1.54, 1.807) is 12.1 Å². The minimum Gasteiger partial charge on any atom is -0.478 e. The van der Waals surface area contributed by atoms with E-state index in [0.29, 0.717) is 57.8 Å². The maximum absolute atomic E-state index is 13.1. The number of rotatable bonds is 9. The molecular formula is C50H75N3O3. The summed E-state index contributed by atoms with van der Waals surface area (Å²) in [6.45, 7) is 26.0. The summed E-state index contributed by atoms with van der Waals surface area (Å²) in [4.78, 5) is 29.5. The largest absolute Gasteiger partial charge is 0.478 e. The Labute approximate surface area is 339 Å². The van der Waals surface area contributed by atoms with Gasteiger partial charge in [-0.1, -0.05) is 84.2 Å². The third-order valence-electron chi connectivity index (χ3n) is 18.9. The molecule has 6 fully saturated rings. The Morgan fingerprint density at radius 2 is 1.54 bits per heavy atom. The smallest absolute Gasteiger partial charge is 0.335 e. The van der Waals surface area contributed by atoms with Crippen LogP contribution in [-0.4, -0.2) is 71.6 Å². The average molecular weight is 766 g/mol. The lowest BCUT2D eigenvalue weighted by molar-refractivity contribution is -0.219. The van der Waals surface area contributed by atoms with Gasteiger partial charge in [0.2, 0.25) is 5.91 Å². The lowest BCUT2D eigenvalue weighted by Gasteiger charge is -2.72. The molecule has 308 valence electrons. The van der Waals surface area contributed by atoms with Crippen LogP contribution in [0.3, 0.4) is 0 Å². The van der Waals surface area contributed by atoms with Crippen LogP contribution in [0.2, 0.25) is 0 Å². The van der Waals surface area contributed by atoms with Crippen molar-refractivity contribution in [2.24, 2.45) is 57.2 Å². The Morgan fingerprint density at radius 3 is 2.21 bits per heavy atom. The number of hydrogen-bond acceptors (Lipinski definition) is 4. The van der Waals surface area contributed by atoms with Gasteiger partial charge in [-0.15, -0.1) is 0 Å². The molecule has 0 spiro atoms. The molecule has 1 aliphatic heterocycles. The second-order valence-corrected chi connectivity index (χ2v) is 21.6. The van der Waals surface area contributed by atoms with Crippen LogP contribution >= 0.6 is 0 Å². The summed E-state index contributed by atoms with van der Waals surface area (Å²) in [6, 6.07) is 7.65. The highest BCUT2D eigenvalue weighted by molar-refractivity contribution is 5.88. The number of nitrogens with zero attached hydrogens (tertiary/aromatic N) is 2. The molecule has 0 bridgehead atoms. The van der Waals surface area contributed by atoms with E-state index in [1.165, 1.54) is 100 Å². The molecule has 7 aliphatic rings. The quantitative estimate of drug-likeness (QED) is 0.245. The summed E-state index contributed by atoms with van der Waals surface area (Å²) in [6.07, 6.45) is 21.3. The van der Waals surface area contributed by atoms with Crippen LogP contribution in [0.1, 0.15) is 154 Å². The fraction of sp³-hybridized carbons (Fsp3) is 0.760. The first-order valence-corrected chi connectivity index (χ1v) is 23.1. The van der Waals surface area contributed by atoms with Crippen molar-refractivity contribution >= 4 is 17.4 Å². The predicted octanol–water partition coefficient (Wildman–Crippen LogP) is 10.5. The number of carbonyl (C=O) groups excluding carboxylic acids is 1. The number of hydrogen-bond donors (Lipinski definition) is 2. The van der Waals surface area contributed by atoms with Gasteiger partial charge >= 0.3 is 5.97 Å². The molecule has 1 amide bonds. The fourth-order valence-corrected chi connectivity index (χ4v) is 15.8. The molecule has 0 unspecified atom stereocenters. The molecule has 1 aromatic carbocycles. The molecule has 2 N–H and O–H groups in total. The maximum atomic E-state index is 13.1. The highest BCUT2D eigenvalue weighted by Gasteiger charge is 2.70. The molecule has 6 nitrogen and oxygen atoms in total. The highest BCUT2D eigenvalue weighted by atomic mass is 16.4.